The summed E-state index contributed by atoms with van der Waals surface area (Å²) in [5, 5.41) is 8.92. The first-order valence-corrected chi connectivity index (χ1v) is 9.75. The minimum absolute atomic E-state index is 0.146. The van der Waals surface area contributed by atoms with Crippen LogP contribution in [0.15, 0.2) is 18.2 Å². The minimum Gasteiger partial charge on any atom is -0.369 e. The molecule has 0 aromatic heterocycles. The lowest BCUT2D eigenvalue weighted by molar-refractivity contribution is -0.137. The fourth-order valence-electron chi connectivity index (χ4n) is 3.84. The third-order valence-electron chi connectivity index (χ3n) is 5.48. The summed E-state index contributed by atoms with van der Waals surface area (Å²) in [6.07, 6.45) is -0.0953. The summed E-state index contributed by atoms with van der Waals surface area (Å²) in [6.45, 7) is 4.37. The molecule has 0 aliphatic carbocycles. The Morgan fingerprint density at radius 2 is 1.64 bits per heavy atom. The molecule has 0 spiro atoms. The first-order chi connectivity index (χ1) is 13.4. The maximum atomic E-state index is 13.2. The summed E-state index contributed by atoms with van der Waals surface area (Å²) in [4.78, 5) is 18.4. The molecule has 5 nitrogen and oxygen atoms in total. The Bertz CT molecular complexity index is 728. The Kier molecular flexibility index (Phi) is 6.45. The molecule has 8 heteroatoms. The molecule has 1 aromatic carbocycles. The largest absolute Gasteiger partial charge is 0.417 e. The highest BCUT2D eigenvalue weighted by molar-refractivity contribution is 5.78. The third-order valence-corrected chi connectivity index (χ3v) is 5.48. The van der Waals surface area contributed by atoms with Crippen LogP contribution >= 0.6 is 0 Å². The average molecular weight is 394 g/mol. The number of rotatable bonds is 3. The quantitative estimate of drug-likeness (QED) is 0.791. The summed E-state index contributed by atoms with van der Waals surface area (Å²) in [7, 11) is 0. The molecular formula is C20H25F3N4O. The summed E-state index contributed by atoms with van der Waals surface area (Å²) in [6, 6.07) is 5.45. The monoisotopic (exact) mass is 394 g/mol. The van der Waals surface area contributed by atoms with E-state index in [1.165, 1.54) is 18.9 Å². The van der Waals surface area contributed by atoms with E-state index in [2.05, 4.69) is 4.90 Å². The SMILES string of the molecule is N#Cc1ccc(N2CCN(CC(=O)N3CCCCCC3)CC2)cc1C(F)(F)F. The fourth-order valence-corrected chi connectivity index (χ4v) is 3.84. The van der Waals surface area contributed by atoms with Crippen LogP contribution in [0, 0.1) is 11.3 Å². The van der Waals surface area contributed by atoms with Crippen LogP contribution in [0.4, 0.5) is 18.9 Å². The van der Waals surface area contributed by atoms with Gasteiger partial charge in [0.2, 0.25) is 5.91 Å². The number of anilines is 1. The van der Waals surface area contributed by atoms with Crippen molar-refractivity contribution in [3.8, 4) is 6.07 Å². The number of alkyl halides is 3. The van der Waals surface area contributed by atoms with Gasteiger partial charge in [0.05, 0.1) is 23.7 Å². The zero-order chi connectivity index (χ0) is 20.1. The van der Waals surface area contributed by atoms with Crippen LogP contribution in [0.2, 0.25) is 0 Å². The van der Waals surface area contributed by atoms with Crippen molar-refractivity contribution < 1.29 is 18.0 Å². The van der Waals surface area contributed by atoms with Crippen LogP contribution in [0.5, 0.6) is 0 Å². The van der Waals surface area contributed by atoms with Crippen molar-refractivity contribution in [1.29, 1.82) is 5.26 Å². The summed E-state index contributed by atoms with van der Waals surface area (Å²) < 4.78 is 39.5. The van der Waals surface area contributed by atoms with E-state index in [1.54, 1.807) is 12.1 Å². The van der Waals surface area contributed by atoms with Gasteiger partial charge in [0, 0.05) is 45.0 Å². The third kappa shape index (κ3) is 4.96. The van der Waals surface area contributed by atoms with E-state index in [0.717, 1.165) is 32.0 Å². The molecule has 0 atom stereocenters. The molecule has 0 N–H and O–H groups in total. The zero-order valence-corrected chi connectivity index (χ0v) is 15.8. The highest BCUT2D eigenvalue weighted by Gasteiger charge is 2.34. The zero-order valence-electron chi connectivity index (χ0n) is 15.8. The van der Waals surface area contributed by atoms with Gasteiger partial charge in [-0.15, -0.1) is 0 Å². The molecule has 28 heavy (non-hydrogen) atoms. The van der Waals surface area contributed by atoms with Crippen molar-refractivity contribution in [3.63, 3.8) is 0 Å². The summed E-state index contributed by atoms with van der Waals surface area (Å²) in [5.41, 5.74) is -0.797. The Balaban J connectivity index is 1.58. The number of nitrogens with zero attached hydrogens (tertiary/aromatic N) is 4. The van der Waals surface area contributed by atoms with Crippen LogP contribution in [0.25, 0.3) is 0 Å². The van der Waals surface area contributed by atoms with Gasteiger partial charge in [0.1, 0.15) is 0 Å². The Labute approximate surface area is 163 Å². The lowest BCUT2D eigenvalue weighted by Crippen LogP contribution is -2.50. The first kappa shape index (κ1) is 20.5. The van der Waals surface area contributed by atoms with Gasteiger partial charge >= 0.3 is 6.18 Å². The van der Waals surface area contributed by atoms with E-state index in [4.69, 9.17) is 5.26 Å². The number of carbonyl (C=O) groups is 1. The number of hydrogen-bond donors (Lipinski definition) is 0. The van der Waals surface area contributed by atoms with Crippen LogP contribution < -0.4 is 4.90 Å². The Hall–Kier alpha value is -2.27. The number of carbonyl (C=O) groups excluding carboxylic acids is 1. The number of benzene rings is 1. The molecule has 2 heterocycles. The van der Waals surface area contributed by atoms with Crippen molar-refractivity contribution in [2.75, 3.05) is 50.7 Å². The molecule has 2 aliphatic heterocycles. The summed E-state index contributed by atoms with van der Waals surface area (Å²) >= 11 is 0. The van der Waals surface area contributed by atoms with Gasteiger partial charge < -0.3 is 9.80 Å². The van der Waals surface area contributed by atoms with E-state index in [1.807, 2.05) is 9.80 Å². The highest BCUT2D eigenvalue weighted by atomic mass is 19.4. The number of piperazine rings is 1. The van der Waals surface area contributed by atoms with E-state index in [9.17, 15) is 18.0 Å². The molecule has 0 unspecified atom stereocenters. The van der Waals surface area contributed by atoms with Gasteiger partial charge in [-0.1, -0.05) is 12.8 Å². The molecule has 0 bridgehead atoms. The maximum Gasteiger partial charge on any atom is 0.417 e. The number of amides is 1. The molecule has 0 saturated carbocycles. The van der Waals surface area contributed by atoms with E-state index in [0.29, 0.717) is 38.4 Å². The second-order valence-electron chi connectivity index (χ2n) is 7.40. The highest BCUT2D eigenvalue weighted by Crippen LogP contribution is 2.34. The van der Waals surface area contributed by atoms with Crippen LogP contribution in [0.1, 0.15) is 36.8 Å². The molecule has 0 radical (unpaired) electrons. The molecule has 2 saturated heterocycles. The number of halogens is 3. The Morgan fingerprint density at radius 3 is 2.21 bits per heavy atom. The molecule has 2 fully saturated rings. The van der Waals surface area contributed by atoms with Gasteiger partial charge in [-0.2, -0.15) is 18.4 Å². The molecule has 2 aliphatic rings. The minimum atomic E-state index is -4.55. The number of likely N-dealkylation sites (tertiary alicyclic amines) is 1. The second kappa shape index (κ2) is 8.82. The van der Waals surface area contributed by atoms with Gasteiger partial charge in [-0.25, -0.2) is 0 Å². The van der Waals surface area contributed by atoms with Crippen molar-refractivity contribution in [2.45, 2.75) is 31.9 Å². The molecular weight excluding hydrogens is 369 g/mol. The fraction of sp³-hybridized carbons (Fsp3) is 0.600. The van der Waals surface area contributed by atoms with Gasteiger partial charge in [0.15, 0.2) is 0 Å². The lowest BCUT2D eigenvalue weighted by atomic mass is 10.1. The molecule has 3 rings (SSSR count). The predicted octanol–water partition coefficient (Wildman–Crippen LogP) is 3.10. The van der Waals surface area contributed by atoms with Crippen molar-refractivity contribution >= 4 is 11.6 Å². The van der Waals surface area contributed by atoms with Crippen molar-refractivity contribution in [2.24, 2.45) is 0 Å². The van der Waals surface area contributed by atoms with Gasteiger partial charge in [-0.3, -0.25) is 9.69 Å². The molecule has 1 amide bonds. The Morgan fingerprint density at radius 1 is 1.00 bits per heavy atom. The first-order valence-electron chi connectivity index (χ1n) is 9.75. The van der Waals surface area contributed by atoms with Gasteiger partial charge in [0.25, 0.3) is 0 Å². The molecule has 1 aromatic rings. The average Bonchev–Trinajstić information content (AvgIpc) is 2.97. The van der Waals surface area contributed by atoms with E-state index in [-0.39, 0.29) is 11.5 Å². The van der Waals surface area contributed by atoms with E-state index < -0.39 is 11.7 Å². The number of nitriles is 1. The van der Waals surface area contributed by atoms with Crippen LogP contribution in [-0.4, -0.2) is 61.5 Å². The van der Waals surface area contributed by atoms with Crippen molar-refractivity contribution in [3.05, 3.63) is 29.3 Å². The van der Waals surface area contributed by atoms with Crippen molar-refractivity contribution in [1.82, 2.24) is 9.80 Å². The molecule has 152 valence electrons. The normalized spacial score (nSPS) is 19.2. The summed E-state index contributed by atoms with van der Waals surface area (Å²) in [5.74, 6) is 0.146. The lowest BCUT2D eigenvalue weighted by Gasteiger charge is -2.36. The number of hydrogen-bond acceptors (Lipinski definition) is 4. The van der Waals surface area contributed by atoms with Crippen LogP contribution in [0.3, 0.4) is 0 Å². The predicted molar refractivity (Wildman–Crippen MR) is 99.9 cm³/mol. The topological polar surface area (TPSA) is 50.6 Å². The second-order valence-corrected chi connectivity index (χ2v) is 7.40. The van der Waals surface area contributed by atoms with E-state index >= 15 is 0 Å². The van der Waals surface area contributed by atoms with Gasteiger partial charge in [-0.05, 0) is 31.0 Å². The standard InChI is InChI=1S/C20H25F3N4O/c21-20(22,23)18-13-17(6-5-16(18)14-24)26-11-9-25(10-12-26)15-19(28)27-7-3-1-2-4-8-27/h5-6,13H,1-4,7-12,15H2. The smallest absolute Gasteiger partial charge is 0.369 e. The van der Waals surface area contributed by atoms with Crippen LogP contribution in [-0.2, 0) is 11.0 Å². The maximum absolute atomic E-state index is 13.2.